The average molecular weight is 433 g/mol. The van der Waals surface area contributed by atoms with Crippen molar-refractivity contribution in [2.75, 3.05) is 5.32 Å². The van der Waals surface area contributed by atoms with Crippen LogP contribution in [0.4, 0.5) is 5.69 Å². The number of hydrogen-bond donors (Lipinski definition) is 2. The highest BCUT2D eigenvalue weighted by Gasteiger charge is 2.19. The fourth-order valence-electron chi connectivity index (χ4n) is 3.13. The Hall–Kier alpha value is -3.85. The highest BCUT2D eigenvalue weighted by atomic mass is 32.1. The van der Waals surface area contributed by atoms with Gasteiger partial charge in [0.15, 0.2) is 0 Å². The van der Waals surface area contributed by atoms with Gasteiger partial charge >= 0.3 is 0 Å². The predicted molar refractivity (Wildman–Crippen MR) is 119 cm³/mol. The van der Waals surface area contributed by atoms with Gasteiger partial charge in [-0.25, -0.2) is 4.98 Å². The number of rotatable bonds is 5. The van der Waals surface area contributed by atoms with E-state index in [4.69, 9.17) is 0 Å². The van der Waals surface area contributed by atoms with Crippen LogP contribution in [-0.4, -0.2) is 26.3 Å². The lowest BCUT2D eigenvalue weighted by Crippen LogP contribution is -2.23. The fraction of sp³-hybridized carbons (Fsp3) is 0.136. The van der Waals surface area contributed by atoms with Gasteiger partial charge in [0.2, 0.25) is 0 Å². The van der Waals surface area contributed by atoms with Crippen molar-refractivity contribution in [1.82, 2.24) is 19.9 Å². The zero-order valence-corrected chi connectivity index (χ0v) is 17.7. The van der Waals surface area contributed by atoms with E-state index in [2.05, 4.69) is 20.6 Å². The third kappa shape index (κ3) is 4.22. The van der Waals surface area contributed by atoms with E-state index in [0.717, 1.165) is 5.69 Å². The smallest absolute Gasteiger partial charge is 0.266 e. The van der Waals surface area contributed by atoms with Gasteiger partial charge in [-0.2, -0.15) is 0 Å². The van der Waals surface area contributed by atoms with Crippen molar-refractivity contribution >= 4 is 39.1 Å². The second-order valence-corrected chi connectivity index (χ2v) is 7.93. The molecule has 0 saturated heterocycles. The summed E-state index contributed by atoms with van der Waals surface area (Å²) in [5, 5.41) is 6.06. The van der Waals surface area contributed by atoms with Gasteiger partial charge in [0, 0.05) is 24.5 Å². The Morgan fingerprint density at radius 1 is 1.10 bits per heavy atom. The van der Waals surface area contributed by atoms with Crippen LogP contribution in [0, 0.1) is 6.92 Å². The van der Waals surface area contributed by atoms with Gasteiger partial charge in [-0.3, -0.25) is 19.4 Å². The molecule has 0 bridgehead atoms. The quantitative estimate of drug-likeness (QED) is 0.503. The van der Waals surface area contributed by atoms with Crippen LogP contribution in [0.2, 0.25) is 0 Å². The highest BCUT2D eigenvalue weighted by Crippen LogP contribution is 2.27. The summed E-state index contributed by atoms with van der Waals surface area (Å²) in [4.78, 5) is 47.0. The molecule has 3 heterocycles. The van der Waals surface area contributed by atoms with E-state index in [1.54, 1.807) is 44.4 Å². The maximum atomic E-state index is 12.8. The van der Waals surface area contributed by atoms with Crippen LogP contribution in [0.3, 0.4) is 0 Å². The second kappa shape index (κ2) is 8.49. The van der Waals surface area contributed by atoms with Gasteiger partial charge in [0.1, 0.15) is 4.83 Å². The fourth-order valence-corrected chi connectivity index (χ4v) is 4.16. The molecular weight excluding hydrogens is 414 g/mol. The molecule has 8 nitrogen and oxygen atoms in total. The van der Waals surface area contributed by atoms with E-state index < -0.39 is 0 Å². The number of thiophene rings is 1. The molecule has 9 heteroatoms. The number of amides is 2. The molecule has 2 amide bonds. The number of carbonyl (C=O) groups excluding carboxylic acids is 2. The molecule has 0 saturated carbocycles. The van der Waals surface area contributed by atoms with Crippen molar-refractivity contribution in [1.29, 1.82) is 0 Å². The minimum absolute atomic E-state index is 0.190. The monoisotopic (exact) mass is 433 g/mol. The number of hydrogen-bond acceptors (Lipinski definition) is 6. The first-order valence-electron chi connectivity index (χ1n) is 9.48. The van der Waals surface area contributed by atoms with Crippen LogP contribution >= 0.6 is 11.3 Å². The molecule has 2 N–H and O–H groups in total. The molecule has 0 aliphatic rings. The lowest BCUT2D eigenvalue weighted by Gasteiger charge is -2.08. The van der Waals surface area contributed by atoms with Crippen LogP contribution in [0.15, 0.2) is 59.8 Å². The highest BCUT2D eigenvalue weighted by molar-refractivity contribution is 7.20. The Morgan fingerprint density at radius 2 is 1.94 bits per heavy atom. The summed E-state index contributed by atoms with van der Waals surface area (Å²) in [6, 6.07) is 12.2. The molecule has 156 valence electrons. The molecule has 0 radical (unpaired) electrons. The number of fused-ring (bicyclic) bond motifs is 1. The number of aryl methyl sites for hydroxylation is 2. The van der Waals surface area contributed by atoms with Crippen LogP contribution < -0.4 is 16.2 Å². The number of benzene rings is 1. The zero-order valence-electron chi connectivity index (χ0n) is 16.9. The van der Waals surface area contributed by atoms with Gasteiger partial charge in [0.05, 0.1) is 28.8 Å². The Bertz CT molecular complexity index is 1340. The summed E-state index contributed by atoms with van der Waals surface area (Å²) in [5.74, 6) is -0.624. The number of nitrogens with one attached hydrogen (secondary N) is 2. The molecule has 0 spiro atoms. The molecular formula is C22H19N5O3S. The second-order valence-electron chi connectivity index (χ2n) is 6.94. The van der Waals surface area contributed by atoms with Crippen molar-refractivity contribution in [3.05, 3.63) is 87.0 Å². The van der Waals surface area contributed by atoms with Crippen molar-refractivity contribution in [3.63, 3.8) is 0 Å². The van der Waals surface area contributed by atoms with E-state index in [0.29, 0.717) is 38.5 Å². The van der Waals surface area contributed by atoms with Crippen LogP contribution in [0.1, 0.15) is 31.3 Å². The van der Waals surface area contributed by atoms with Crippen LogP contribution in [0.5, 0.6) is 0 Å². The minimum Gasteiger partial charge on any atom is -0.346 e. The maximum absolute atomic E-state index is 12.8. The van der Waals surface area contributed by atoms with E-state index in [-0.39, 0.29) is 17.4 Å². The molecule has 0 aliphatic carbocycles. The van der Waals surface area contributed by atoms with E-state index in [9.17, 15) is 14.4 Å². The van der Waals surface area contributed by atoms with Gasteiger partial charge in [-0.05, 0) is 42.8 Å². The van der Waals surface area contributed by atoms with Gasteiger partial charge in [-0.15, -0.1) is 11.3 Å². The topological polar surface area (TPSA) is 106 Å². The van der Waals surface area contributed by atoms with Crippen molar-refractivity contribution < 1.29 is 9.59 Å². The third-order valence-corrected chi connectivity index (χ3v) is 5.95. The number of nitrogens with zero attached hydrogens (tertiary/aromatic N) is 3. The Morgan fingerprint density at radius 3 is 2.71 bits per heavy atom. The summed E-state index contributed by atoms with van der Waals surface area (Å²) >= 11 is 1.17. The summed E-state index contributed by atoms with van der Waals surface area (Å²) in [6.07, 6.45) is 3.11. The largest absolute Gasteiger partial charge is 0.346 e. The summed E-state index contributed by atoms with van der Waals surface area (Å²) in [6.45, 7) is 2.04. The standard InChI is InChI=1S/C22H19N5O3S/c1-13-17-21(25-12-27(2)22(17)30)31-18(13)20(29)26-15-8-5-6-14(10-15)19(28)24-11-16-7-3-4-9-23-16/h3-10,12H,11H2,1-2H3,(H,24,28)(H,26,29). The van der Waals surface area contributed by atoms with Crippen LogP contribution in [0.25, 0.3) is 10.2 Å². The molecule has 1 aromatic carbocycles. The van der Waals surface area contributed by atoms with E-state index >= 15 is 0 Å². The Labute approximate surface area is 181 Å². The molecule has 0 unspecified atom stereocenters. The van der Waals surface area contributed by atoms with E-state index in [1.807, 2.05) is 18.2 Å². The van der Waals surface area contributed by atoms with Gasteiger partial charge < -0.3 is 15.2 Å². The molecule has 4 rings (SSSR count). The first kappa shape index (κ1) is 20.4. The number of anilines is 1. The minimum atomic E-state index is -0.353. The summed E-state index contributed by atoms with van der Waals surface area (Å²) < 4.78 is 1.39. The Balaban J connectivity index is 1.51. The maximum Gasteiger partial charge on any atom is 0.266 e. The van der Waals surface area contributed by atoms with Gasteiger partial charge in [-0.1, -0.05) is 12.1 Å². The van der Waals surface area contributed by atoms with Crippen molar-refractivity contribution in [2.24, 2.45) is 7.05 Å². The molecule has 0 fully saturated rings. The lowest BCUT2D eigenvalue weighted by atomic mass is 10.1. The SMILES string of the molecule is Cc1c(C(=O)Nc2cccc(C(=O)NCc3ccccn3)c2)sc2ncn(C)c(=O)c12. The van der Waals surface area contributed by atoms with Gasteiger partial charge in [0.25, 0.3) is 17.4 Å². The molecule has 0 atom stereocenters. The summed E-state index contributed by atoms with van der Waals surface area (Å²) in [7, 11) is 1.62. The van der Waals surface area contributed by atoms with Crippen LogP contribution in [-0.2, 0) is 13.6 Å². The summed E-state index contributed by atoms with van der Waals surface area (Å²) in [5.41, 5.74) is 2.05. The number of pyridine rings is 1. The van der Waals surface area contributed by atoms with E-state index in [1.165, 1.54) is 22.2 Å². The average Bonchev–Trinajstić information content (AvgIpc) is 3.12. The number of aromatic nitrogens is 3. The zero-order chi connectivity index (χ0) is 22.0. The first-order chi connectivity index (χ1) is 14.9. The molecule has 3 aromatic heterocycles. The molecule has 4 aromatic rings. The molecule has 0 aliphatic heterocycles. The predicted octanol–water partition coefficient (Wildman–Crippen LogP) is 2.88. The molecule has 31 heavy (non-hydrogen) atoms. The van der Waals surface area contributed by atoms with Crippen molar-refractivity contribution in [2.45, 2.75) is 13.5 Å². The van der Waals surface area contributed by atoms with Crippen molar-refractivity contribution in [3.8, 4) is 0 Å². The third-order valence-electron chi connectivity index (χ3n) is 4.76. The first-order valence-corrected chi connectivity index (χ1v) is 10.3. The lowest BCUT2D eigenvalue weighted by molar-refractivity contribution is 0.0949. The number of carbonyl (C=O) groups is 2. The normalized spacial score (nSPS) is 10.8. The Kier molecular flexibility index (Phi) is 5.59.